The summed E-state index contributed by atoms with van der Waals surface area (Å²) in [6.45, 7) is 6.19. The molecular formula is C22H26FN5O5. The van der Waals surface area contributed by atoms with Crippen molar-refractivity contribution in [1.29, 1.82) is 0 Å². The molecule has 2 heterocycles. The SMILES string of the molecule is CC(C)(C)OC(=O)N1CCC(C(=O)Nc2ccc([N+](=O)[O-])c(Nc3ccc(F)cn3)c2)CC1. The molecule has 1 aliphatic rings. The summed E-state index contributed by atoms with van der Waals surface area (Å²) in [5.41, 5.74) is -0.331. The zero-order valence-electron chi connectivity index (χ0n) is 18.6. The summed E-state index contributed by atoms with van der Waals surface area (Å²) in [5, 5.41) is 16.9. The minimum absolute atomic E-state index is 0.108. The van der Waals surface area contributed by atoms with Crippen molar-refractivity contribution in [3.63, 3.8) is 0 Å². The number of benzene rings is 1. The number of hydrogen-bond donors (Lipinski definition) is 2. The Balaban J connectivity index is 1.64. The molecule has 10 nitrogen and oxygen atoms in total. The lowest BCUT2D eigenvalue weighted by Crippen LogP contribution is -2.43. The summed E-state index contributed by atoms with van der Waals surface area (Å²) < 4.78 is 18.4. The predicted octanol–water partition coefficient (Wildman–Crippen LogP) is 4.46. The molecule has 1 saturated heterocycles. The molecule has 2 amide bonds. The van der Waals surface area contributed by atoms with Crippen LogP contribution in [0.2, 0.25) is 0 Å². The number of nitro benzene ring substituents is 1. The molecule has 2 aromatic rings. The lowest BCUT2D eigenvalue weighted by Gasteiger charge is -2.32. The first-order valence-corrected chi connectivity index (χ1v) is 10.5. The number of aromatic nitrogens is 1. The molecule has 0 radical (unpaired) electrons. The van der Waals surface area contributed by atoms with E-state index in [1.807, 2.05) is 0 Å². The number of pyridine rings is 1. The van der Waals surface area contributed by atoms with E-state index in [1.165, 1.54) is 30.3 Å². The molecule has 0 atom stereocenters. The zero-order chi connectivity index (χ0) is 24.2. The van der Waals surface area contributed by atoms with Gasteiger partial charge in [0.2, 0.25) is 5.91 Å². The molecule has 0 unspecified atom stereocenters. The molecule has 11 heteroatoms. The zero-order valence-corrected chi connectivity index (χ0v) is 18.6. The quantitative estimate of drug-likeness (QED) is 0.499. The van der Waals surface area contributed by atoms with E-state index in [0.717, 1.165) is 6.20 Å². The maximum Gasteiger partial charge on any atom is 0.410 e. The summed E-state index contributed by atoms with van der Waals surface area (Å²) in [7, 11) is 0. The smallest absolute Gasteiger partial charge is 0.410 e. The van der Waals surface area contributed by atoms with Crippen LogP contribution < -0.4 is 10.6 Å². The maximum absolute atomic E-state index is 13.1. The first kappa shape index (κ1) is 23.9. The van der Waals surface area contributed by atoms with Gasteiger partial charge in [-0.25, -0.2) is 14.2 Å². The lowest BCUT2D eigenvalue weighted by molar-refractivity contribution is -0.383. The molecule has 0 saturated carbocycles. The van der Waals surface area contributed by atoms with Gasteiger partial charge in [0.1, 0.15) is 22.9 Å². The Kier molecular flexibility index (Phi) is 7.10. The van der Waals surface area contributed by atoms with Crippen molar-refractivity contribution in [2.24, 2.45) is 5.92 Å². The van der Waals surface area contributed by atoms with Crippen molar-refractivity contribution in [2.45, 2.75) is 39.2 Å². The minimum atomic E-state index is -0.587. The number of carbonyl (C=O) groups excluding carboxylic acids is 2. The van der Waals surface area contributed by atoms with Crippen LogP contribution in [0.4, 0.5) is 32.1 Å². The van der Waals surface area contributed by atoms with Gasteiger partial charge < -0.3 is 20.3 Å². The van der Waals surface area contributed by atoms with Gasteiger partial charge in [0, 0.05) is 30.8 Å². The summed E-state index contributed by atoms with van der Waals surface area (Å²) in [6, 6.07) is 6.66. The highest BCUT2D eigenvalue weighted by atomic mass is 19.1. The molecule has 0 spiro atoms. The number of likely N-dealkylation sites (tertiary alicyclic amines) is 1. The van der Waals surface area contributed by atoms with Gasteiger partial charge in [-0.1, -0.05) is 0 Å². The van der Waals surface area contributed by atoms with E-state index in [0.29, 0.717) is 31.6 Å². The predicted molar refractivity (Wildman–Crippen MR) is 120 cm³/mol. The van der Waals surface area contributed by atoms with Crippen LogP contribution in [-0.4, -0.2) is 45.5 Å². The highest BCUT2D eigenvalue weighted by Gasteiger charge is 2.30. The molecule has 33 heavy (non-hydrogen) atoms. The van der Waals surface area contributed by atoms with Gasteiger partial charge in [0.05, 0.1) is 11.1 Å². The summed E-state index contributed by atoms with van der Waals surface area (Å²) in [5.74, 6) is -0.862. The number of halogens is 1. The van der Waals surface area contributed by atoms with Crippen LogP contribution in [0.25, 0.3) is 0 Å². The second-order valence-corrected chi connectivity index (χ2v) is 8.71. The topological polar surface area (TPSA) is 127 Å². The minimum Gasteiger partial charge on any atom is -0.444 e. The number of piperidine rings is 1. The van der Waals surface area contributed by atoms with Gasteiger partial charge in [-0.3, -0.25) is 14.9 Å². The number of amides is 2. The Hall–Kier alpha value is -3.76. The third-order valence-corrected chi connectivity index (χ3v) is 4.97. The highest BCUT2D eigenvalue weighted by molar-refractivity contribution is 5.93. The number of carbonyl (C=O) groups is 2. The molecule has 1 aromatic heterocycles. The van der Waals surface area contributed by atoms with E-state index in [-0.39, 0.29) is 29.0 Å². The van der Waals surface area contributed by atoms with Crippen LogP contribution in [-0.2, 0) is 9.53 Å². The van der Waals surface area contributed by atoms with E-state index in [1.54, 1.807) is 25.7 Å². The van der Waals surface area contributed by atoms with Crippen molar-refractivity contribution in [3.8, 4) is 0 Å². The number of rotatable bonds is 5. The third kappa shape index (κ3) is 6.61. The van der Waals surface area contributed by atoms with Crippen LogP contribution in [0.5, 0.6) is 0 Å². The average Bonchev–Trinajstić information content (AvgIpc) is 2.74. The summed E-state index contributed by atoms with van der Waals surface area (Å²) in [4.78, 5) is 41.2. The summed E-state index contributed by atoms with van der Waals surface area (Å²) in [6.07, 6.45) is 1.54. The fraction of sp³-hybridized carbons (Fsp3) is 0.409. The number of nitro groups is 1. The second kappa shape index (κ2) is 9.80. The van der Waals surface area contributed by atoms with E-state index in [4.69, 9.17) is 4.74 Å². The van der Waals surface area contributed by atoms with Crippen molar-refractivity contribution in [3.05, 3.63) is 52.5 Å². The third-order valence-electron chi connectivity index (χ3n) is 4.97. The average molecular weight is 459 g/mol. The van der Waals surface area contributed by atoms with Gasteiger partial charge in [0.15, 0.2) is 0 Å². The van der Waals surface area contributed by atoms with E-state index < -0.39 is 22.4 Å². The normalized spacial score (nSPS) is 14.5. The Morgan fingerprint density at radius 1 is 1.21 bits per heavy atom. The molecule has 176 valence electrons. The van der Waals surface area contributed by atoms with Gasteiger partial charge in [-0.15, -0.1) is 0 Å². The first-order chi connectivity index (χ1) is 15.5. The molecule has 0 aliphatic carbocycles. The van der Waals surface area contributed by atoms with Gasteiger partial charge in [-0.05, 0) is 57.9 Å². The Labute approximate surface area is 190 Å². The molecule has 1 aliphatic heterocycles. The standard InChI is InChI=1S/C22H26FN5O5/c1-22(2,3)33-21(30)27-10-8-14(9-11-27)20(29)25-16-5-6-18(28(31)32)17(12-16)26-19-7-4-15(23)13-24-19/h4-7,12-14H,8-11H2,1-3H3,(H,24,26)(H,25,29). The van der Waals surface area contributed by atoms with Crippen LogP contribution in [0, 0.1) is 21.8 Å². The molecule has 3 rings (SSSR count). The Bertz CT molecular complexity index is 1030. The van der Waals surface area contributed by atoms with Crippen molar-refractivity contribution >= 4 is 34.9 Å². The number of hydrogen-bond acceptors (Lipinski definition) is 7. The van der Waals surface area contributed by atoms with E-state index in [9.17, 15) is 24.1 Å². The molecular weight excluding hydrogens is 433 g/mol. The van der Waals surface area contributed by atoms with Gasteiger partial charge in [0.25, 0.3) is 5.69 Å². The van der Waals surface area contributed by atoms with E-state index >= 15 is 0 Å². The molecule has 1 fully saturated rings. The number of nitrogens with one attached hydrogen (secondary N) is 2. The lowest BCUT2D eigenvalue weighted by atomic mass is 9.96. The molecule has 1 aromatic carbocycles. The van der Waals surface area contributed by atoms with Crippen LogP contribution >= 0.6 is 0 Å². The molecule has 2 N–H and O–H groups in total. The Morgan fingerprint density at radius 3 is 2.48 bits per heavy atom. The maximum atomic E-state index is 13.1. The van der Waals surface area contributed by atoms with Crippen molar-refractivity contribution < 1.29 is 23.6 Å². The van der Waals surface area contributed by atoms with Crippen LogP contribution in [0.3, 0.4) is 0 Å². The van der Waals surface area contributed by atoms with Crippen LogP contribution in [0.15, 0.2) is 36.5 Å². The van der Waals surface area contributed by atoms with Crippen molar-refractivity contribution in [1.82, 2.24) is 9.88 Å². The van der Waals surface area contributed by atoms with Crippen LogP contribution in [0.1, 0.15) is 33.6 Å². The molecule has 0 bridgehead atoms. The second-order valence-electron chi connectivity index (χ2n) is 8.71. The van der Waals surface area contributed by atoms with Gasteiger partial charge >= 0.3 is 6.09 Å². The van der Waals surface area contributed by atoms with Gasteiger partial charge in [-0.2, -0.15) is 0 Å². The monoisotopic (exact) mass is 459 g/mol. The largest absolute Gasteiger partial charge is 0.444 e. The van der Waals surface area contributed by atoms with Crippen molar-refractivity contribution in [2.75, 3.05) is 23.7 Å². The first-order valence-electron chi connectivity index (χ1n) is 10.5. The fourth-order valence-corrected chi connectivity index (χ4v) is 3.36. The summed E-state index contributed by atoms with van der Waals surface area (Å²) >= 11 is 0. The highest BCUT2D eigenvalue weighted by Crippen LogP contribution is 2.31. The number of ether oxygens (including phenoxy) is 1. The number of anilines is 3. The fourth-order valence-electron chi connectivity index (χ4n) is 3.36. The van der Waals surface area contributed by atoms with E-state index in [2.05, 4.69) is 15.6 Å². The number of nitrogens with zero attached hydrogens (tertiary/aromatic N) is 3. The Morgan fingerprint density at radius 2 is 1.91 bits per heavy atom.